The quantitative estimate of drug-likeness (QED) is 0.714. The van der Waals surface area contributed by atoms with Crippen LogP contribution in [0.3, 0.4) is 0 Å². The molecule has 5 heteroatoms. The highest BCUT2D eigenvalue weighted by atomic mass is 16.2. The van der Waals surface area contributed by atoms with E-state index in [1.165, 1.54) is 52.0 Å². The lowest BCUT2D eigenvalue weighted by Gasteiger charge is -2.37. The third-order valence-corrected chi connectivity index (χ3v) is 7.26. The second-order valence-electron chi connectivity index (χ2n) is 9.07. The maximum Gasteiger partial charge on any atom is 0.225 e. The second kappa shape index (κ2) is 10.0. The highest BCUT2D eigenvalue weighted by molar-refractivity contribution is 5.82. The van der Waals surface area contributed by atoms with Crippen LogP contribution in [0.4, 0.5) is 0 Å². The zero-order chi connectivity index (χ0) is 19.2. The van der Waals surface area contributed by atoms with Gasteiger partial charge in [0.25, 0.3) is 0 Å². The van der Waals surface area contributed by atoms with Gasteiger partial charge in [-0.1, -0.05) is 6.92 Å². The number of piperazine rings is 1. The van der Waals surface area contributed by atoms with Gasteiger partial charge in [0.15, 0.2) is 0 Å². The molecule has 0 atom stereocenters. The first kappa shape index (κ1) is 20.8. The standard InChI is InChI=1S/C22H39N3O2/c1-3-21(26)19-4-6-20(7-5-19)22(27)25-12-9-18(10-13-25)8-11-24-16-14-23(2)15-17-24/h18-20H,3-17H2,1-2H3. The number of amides is 1. The molecule has 154 valence electrons. The van der Waals surface area contributed by atoms with Gasteiger partial charge in [0.2, 0.25) is 5.91 Å². The molecule has 0 unspecified atom stereocenters. The van der Waals surface area contributed by atoms with E-state index < -0.39 is 0 Å². The lowest BCUT2D eigenvalue weighted by Crippen LogP contribution is -2.46. The number of likely N-dealkylation sites (tertiary alicyclic amines) is 1. The number of ketones is 1. The van der Waals surface area contributed by atoms with Gasteiger partial charge in [0, 0.05) is 57.5 Å². The number of piperidine rings is 1. The van der Waals surface area contributed by atoms with E-state index in [1.54, 1.807) is 0 Å². The van der Waals surface area contributed by atoms with Crippen molar-refractivity contribution in [2.45, 2.75) is 58.3 Å². The fraction of sp³-hybridized carbons (Fsp3) is 0.909. The first-order valence-electron chi connectivity index (χ1n) is 11.3. The van der Waals surface area contributed by atoms with Crippen molar-refractivity contribution < 1.29 is 9.59 Å². The summed E-state index contributed by atoms with van der Waals surface area (Å²) in [5.41, 5.74) is 0. The molecule has 2 saturated heterocycles. The van der Waals surface area contributed by atoms with E-state index in [2.05, 4.69) is 21.7 Å². The maximum atomic E-state index is 12.9. The van der Waals surface area contributed by atoms with Gasteiger partial charge in [-0.25, -0.2) is 0 Å². The van der Waals surface area contributed by atoms with Gasteiger partial charge in [0.05, 0.1) is 0 Å². The van der Waals surface area contributed by atoms with Crippen LogP contribution in [-0.2, 0) is 9.59 Å². The molecule has 1 saturated carbocycles. The molecule has 0 spiro atoms. The average Bonchev–Trinajstić information content (AvgIpc) is 2.73. The summed E-state index contributed by atoms with van der Waals surface area (Å²) in [6, 6.07) is 0. The summed E-state index contributed by atoms with van der Waals surface area (Å²) in [5, 5.41) is 0. The van der Waals surface area contributed by atoms with Crippen molar-refractivity contribution in [2.24, 2.45) is 17.8 Å². The van der Waals surface area contributed by atoms with Crippen molar-refractivity contribution in [3.63, 3.8) is 0 Å². The number of hydrogen-bond donors (Lipinski definition) is 0. The molecular formula is C22H39N3O2. The van der Waals surface area contributed by atoms with Gasteiger partial charge in [-0.15, -0.1) is 0 Å². The number of carbonyl (C=O) groups excluding carboxylic acids is 2. The maximum absolute atomic E-state index is 12.9. The van der Waals surface area contributed by atoms with Crippen LogP contribution in [0.5, 0.6) is 0 Å². The first-order valence-corrected chi connectivity index (χ1v) is 11.3. The molecule has 27 heavy (non-hydrogen) atoms. The zero-order valence-corrected chi connectivity index (χ0v) is 17.5. The number of carbonyl (C=O) groups is 2. The molecule has 2 heterocycles. The molecule has 2 aliphatic heterocycles. The molecule has 0 aromatic rings. The topological polar surface area (TPSA) is 43.9 Å². The molecule has 3 aliphatic rings. The number of likely N-dealkylation sites (N-methyl/N-ethyl adjacent to an activating group) is 1. The number of nitrogens with zero attached hydrogens (tertiary/aromatic N) is 3. The van der Waals surface area contributed by atoms with Crippen molar-refractivity contribution in [3.8, 4) is 0 Å². The van der Waals surface area contributed by atoms with E-state index in [-0.39, 0.29) is 11.8 Å². The van der Waals surface area contributed by atoms with Crippen molar-refractivity contribution in [3.05, 3.63) is 0 Å². The summed E-state index contributed by atoms with van der Waals surface area (Å²) in [6.07, 6.45) is 7.94. The predicted molar refractivity (Wildman–Crippen MR) is 109 cm³/mol. The summed E-state index contributed by atoms with van der Waals surface area (Å²) in [6.45, 7) is 9.86. The van der Waals surface area contributed by atoms with Crippen molar-refractivity contribution >= 4 is 11.7 Å². The Hall–Kier alpha value is -0.940. The minimum Gasteiger partial charge on any atom is -0.342 e. The molecule has 5 nitrogen and oxygen atoms in total. The summed E-state index contributed by atoms with van der Waals surface area (Å²) in [7, 11) is 2.21. The van der Waals surface area contributed by atoms with E-state index in [9.17, 15) is 9.59 Å². The van der Waals surface area contributed by atoms with Crippen LogP contribution < -0.4 is 0 Å². The zero-order valence-electron chi connectivity index (χ0n) is 17.5. The molecule has 0 aromatic heterocycles. The lowest BCUT2D eigenvalue weighted by atomic mass is 9.78. The third kappa shape index (κ3) is 5.77. The van der Waals surface area contributed by atoms with Crippen molar-refractivity contribution in [1.82, 2.24) is 14.7 Å². The Morgan fingerprint density at radius 2 is 1.41 bits per heavy atom. The normalized spacial score (nSPS) is 29.0. The molecule has 0 radical (unpaired) electrons. The Morgan fingerprint density at radius 3 is 2.00 bits per heavy atom. The van der Waals surface area contributed by atoms with Gasteiger partial charge in [0.1, 0.15) is 5.78 Å². The van der Waals surface area contributed by atoms with Gasteiger partial charge in [-0.3, -0.25) is 9.59 Å². The van der Waals surface area contributed by atoms with E-state index >= 15 is 0 Å². The van der Waals surface area contributed by atoms with Crippen LogP contribution in [0.15, 0.2) is 0 Å². The molecule has 0 N–H and O–H groups in total. The summed E-state index contributed by atoms with van der Waals surface area (Å²) in [5.74, 6) is 1.94. The van der Waals surface area contributed by atoms with E-state index in [1.807, 2.05) is 6.92 Å². The molecule has 0 aromatic carbocycles. The SMILES string of the molecule is CCC(=O)C1CCC(C(=O)N2CCC(CCN3CCN(C)CC3)CC2)CC1. The number of Topliss-reactive ketones (excluding diaryl/α,β-unsaturated/α-hetero) is 1. The highest BCUT2D eigenvalue weighted by Crippen LogP contribution is 2.32. The van der Waals surface area contributed by atoms with Crippen LogP contribution in [-0.4, -0.2) is 79.3 Å². The first-order chi connectivity index (χ1) is 13.1. The van der Waals surface area contributed by atoms with Crippen LogP contribution in [0.25, 0.3) is 0 Å². The van der Waals surface area contributed by atoms with Crippen LogP contribution in [0.2, 0.25) is 0 Å². The Bertz CT molecular complexity index is 486. The lowest BCUT2D eigenvalue weighted by molar-refractivity contribution is -0.139. The Labute approximate surface area is 165 Å². The van der Waals surface area contributed by atoms with Crippen molar-refractivity contribution in [1.29, 1.82) is 0 Å². The summed E-state index contributed by atoms with van der Waals surface area (Å²) < 4.78 is 0. The van der Waals surface area contributed by atoms with Crippen LogP contribution in [0.1, 0.15) is 58.3 Å². The molecule has 3 rings (SSSR count). The van der Waals surface area contributed by atoms with Crippen LogP contribution >= 0.6 is 0 Å². The fourth-order valence-corrected chi connectivity index (χ4v) is 5.09. The average molecular weight is 378 g/mol. The molecule has 3 fully saturated rings. The molecule has 0 bridgehead atoms. The van der Waals surface area contributed by atoms with Crippen molar-refractivity contribution in [2.75, 3.05) is 52.9 Å². The van der Waals surface area contributed by atoms with Gasteiger partial charge in [-0.2, -0.15) is 0 Å². The monoisotopic (exact) mass is 377 g/mol. The highest BCUT2D eigenvalue weighted by Gasteiger charge is 2.33. The summed E-state index contributed by atoms with van der Waals surface area (Å²) in [4.78, 5) is 31.9. The van der Waals surface area contributed by atoms with E-state index in [0.29, 0.717) is 18.1 Å². The Morgan fingerprint density at radius 1 is 0.815 bits per heavy atom. The predicted octanol–water partition coefficient (Wildman–Crippen LogP) is 2.65. The largest absolute Gasteiger partial charge is 0.342 e. The summed E-state index contributed by atoms with van der Waals surface area (Å²) >= 11 is 0. The van der Waals surface area contributed by atoms with Gasteiger partial charge < -0.3 is 14.7 Å². The Kier molecular flexibility index (Phi) is 7.71. The minimum atomic E-state index is 0.174. The van der Waals surface area contributed by atoms with E-state index in [0.717, 1.165) is 44.7 Å². The number of rotatable bonds is 6. The van der Waals surface area contributed by atoms with Crippen LogP contribution in [0, 0.1) is 17.8 Å². The smallest absolute Gasteiger partial charge is 0.225 e. The minimum absolute atomic E-state index is 0.174. The fourth-order valence-electron chi connectivity index (χ4n) is 5.09. The Balaban J connectivity index is 1.34. The van der Waals surface area contributed by atoms with Gasteiger partial charge >= 0.3 is 0 Å². The molecular weight excluding hydrogens is 338 g/mol. The molecule has 1 amide bonds. The molecule has 1 aliphatic carbocycles. The third-order valence-electron chi connectivity index (χ3n) is 7.26. The second-order valence-corrected chi connectivity index (χ2v) is 9.07. The number of hydrogen-bond acceptors (Lipinski definition) is 4. The van der Waals surface area contributed by atoms with E-state index in [4.69, 9.17) is 0 Å². The van der Waals surface area contributed by atoms with Gasteiger partial charge in [-0.05, 0) is 64.5 Å².